The van der Waals surface area contributed by atoms with E-state index in [9.17, 15) is 4.39 Å². The zero-order valence-corrected chi connectivity index (χ0v) is 12.2. The van der Waals surface area contributed by atoms with Crippen molar-refractivity contribution in [2.75, 3.05) is 5.32 Å². The summed E-state index contributed by atoms with van der Waals surface area (Å²) in [5.41, 5.74) is 1.18. The number of benzene rings is 1. The molecule has 0 fully saturated rings. The summed E-state index contributed by atoms with van der Waals surface area (Å²) in [5, 5.41) is 11.1. The number of halogens is 2. The first-order chi connectivity index (χ1) is 9.65. The number of hydrogen-bond acceptors (Lipinski definition) is 4. The van der Waals surface area contributed by atoms with Crippen LogP contribution in [0.15, 0.2) is 35.1 Å². The lowest BCUT2D eigenvalue weighted by Gasteiger charge is -2.08. The zero-order chi connectivity index (χ0) is 14.1. The number of aromatic nitrogens is 4. The van der Waals surface area contributed by atoms with E-state index >= 15 is 0 Å². The van der Waals surface area contributed by atoms with E-state index in [1.807, 2.05) is 11.3 Å². The minimum atomic E-state index is -0.259. The topological polar surface area (TPSA) is 55.1 Å². The van der Waals surface area contributed by atoms with Crippen LogP contribution in [0.3, 0.4) is 0 Å². The van der Waals surface area contributed by atoms with E-state index in [0.717, 1.165) is 10.3 Å². The summed E-state index contributed by atoms with van der Waals surface area (Å²) in [7, 11) is 0. The van der Waals surface area contributed by atoms with Crippen LogP contribution in [0.4, 0.5) is 10.2 Å². The van der Waals surface area contributed by atoms with Gasteiger partial charge in [0.25, 0.3) is 0 Å². The molecule has 3 rings (SSSR count). The molecule has 0 bridgehead atoms. The molecule has 5 nitrogen and oxygen atoms in total. The molecule has 1 N–H and O–H groups in total. The highest BCUT2D eigenvalue weighted by molar-refractivity contribution is 9.10. The van der Waals surface area contributed by atoms with Crippen LogP contribution in [0.2, 0.25) is 0 Å². The molecule has 0 amide bonds. The second-order valence-corrected chi connectivity index (χ2v) is 5.22. The average Bonchev–Trinajstić information content (AvgIpc) is 2.82. The molecule has 0 saturated heterocycles. The highest BCUT2D eigenvalue weighted by Gasteiger charge is 2.08. The number of nitrogens with one attached hydrogen (secondary N) is 1. The largest absolute Gasteiger partial charge is 0.363 e. The summed E-state index contributed by atoms with van der Waals surface area (Å²) in [6, 6.07) is 4.83. The molecule has 7 heteroatoms. The zero-order valence-electron chi connectivity index (χ0n) is 10.6. The molecule has 1 aromatic carbocycles. The first-order valence-electron chi connectivity index (χ1n) is 5.99. The molecule has 0 radical (unpaired) electrons. The lowest BCUT2D eigenvalue weighted by Crippen LogP contribution is -2.05. The molecule has 102 valence electrons. The quantitative estimate of drug-likeness (QED) is 0.799. The van der Waals surface area contributed by atoms with Crippen molar-refractivity contribution < 1.29 is 4.39 Å². The predicted octanol–water partition coefficient (Wildman–Crippen LogP) is 2.95. The number of nitrogens with zero attached hydrogens (tertiary/aromatic N) is 4. The Morgan fingerprint density at radius 1 is 1.35 bits per heavy atom. The van der Waals surface area contributed by atoms with Crippen LogP contribution in [0.25, 0.3) is 5.65 Å². The van der Waals surface area contributed by atoms with Gasteiger partial charge in [-0.1, -0.05) is 15.9 Å². The van der Waals surface area contributed by atoms with Crippen molar-refractivity contribution in [1.82, 2.24) is 19.6 Å². The Morgan fingerprint density at radius 2 is 2.20 bits per heavy atom. The molecule has 0 aliphatic heterocycles. The van der Waals surface area contributed by atoms with Gasteiger partial charge in [-0.25, -0.2) is 9.37 Å². The van der Waals surface area contributed by atoms with Crippen LogP contribution in [-0.4, -0.2) is 19.6 Å². The highest BCUT2D eigenvalue weighted by atomic mass is 79.9. The van der Waals surface area contributed by atoms with Gasteiger partial charge in [-0.15, -0.1) is 10.2 Å². The van der Waals surface area contributed by atoms with Crippen LogP contribution >= 0.6 is 15.9 Å². The first kappa shape index (κ1) is 13.0. The normalized spacial score (nSPS) is 10.9. The van der Waals surface area contributed by atoms with Crippen molar-refractivity contribution in [1.29, 1.82) is 0 Å². The summed E-state index contributed by atoms with van der Waals surface area (Å²) < 4.78 is 16.3. The minimum Gasteiger partial charge on any atom is -0.363 e. The van der Waals surface area contributed by atoms with Gasteiger partial charge in [-0.3, -0.25) is 4.40 Å². The second-order valence-electron chi connectivity index (χ2n) is 4.31. The third-order valence-corrected chi connectivity index (χ3v) is 3.44. The van der Waals surface area contributed by atoms with Crippen molar-refractivity contribution >= 4 is 27.4 Å². The fourth-order valence-corrected chi connectivity index (χ4v) is 2.33. The van der Waals surface area contributed by atoms with Crippen LogP contribution in [0.5, 0.6) is 0 Å². The fraction of sp³-hybridized carbons (Fsp3) is 0.154. The van der Waals surface area contributed by atoms with Crippen molar-refractivity contribution in [2.24, 2.45) is 0 Å². The molecule has 0 aliphatic rings. The number of anilines is 1. The van der Waals surface area contributed by atoms with Crippen molar-refractivity contribution in [3.63, 3.8) is 0 Å². The predicted molar refractivity (Wildman–Crippen MR) is 76.9 cm³/mol. The van der Waals surface area contributed by atoms with E-state index in [2.05, 4.69) is 36.4 Å². The average molecular weight is 336 g/mol. The van der Waals surface area contributed by atoms with E-state index in [1.165, 1.54) is 6.07 Å². The molecule has 0 saturated carbocycles. The fourth-order valence-electron chi connectivity index (χ4n) is 1.92. The van der Waals surface area contributed by atoms with Crippen molar-refractivity contribution in [2.45, 2.75) is 13.5 Å². The van der Waals surface area contributed by atoms with Gasteiger partial charge in [0.05, 0.1) is 0 Å². The summed E-state index contributed by atoms with van der Waals surface area (Å²) in [4.78, 5) is 4.22. The monoisotopic (exact) mass is 335 g/mol. The van der Waals surface area contributed by atoms with Crippen LogP contribution in [0.1, 0.15) is 11.4 Å². The maximum absolute atomic E-state index is 13.7. The molecule has 20 heavy (non-hydrogen) atoms. The maximum atomic E-state index is 13.7. The van der Waals surface area contributed by atoms with Gasteiger partial charge in [-0.05, 0) is 25.1 Å². The molecular weight excluding hydrogens is 325 g/mol. The molecule has 0 unspecified atom stereocenters. The number of aryl methyl sites for hydroxylation is 1. The smallest absolute Gasteiger partial charge is 0.203 e. The first-order valence-corrected chi connectivity index (χ1v) is 6.78. The van der Waals surface area contributed by atoms with Gasteiger partial charge in [0.15, 0.2) is 5.82 Å². The van der Waals surface area contributed by atoms with Crippen LogP contribution < -0.4 is 5.32 Å². The molecular formula is C13H11BrFN5. The molecule has 0 spiro atoms. The van der Waals surface area contributed by atoms with Crippen molar-refractivity contribution in [3.05, 3.63) is 52.3 Å². The summed E-state index contributed by atoms with van der Waals surface area (Å²) >= 11 is 3.33. The van der Waals surface area contributed by atoms with Crippen molar-refractivity contribution in [3.8, 4) is 0 Å². The lowest BCUT2D eigenvalue weighted by molar-refractivity contribution is 0.612. The molecule has 0 atom stereocenters. The minimum absolute atomic E-state index is 0.259. The summed E-state index contributed by atoms with van der Waals surface area (Å²) in [6.45, 7) is 2.18. The Bertz CT molecular complexity index is 771. The summed E-state index contributed by atoms with van der Waals surface area (Å²) in [6.07, 6.45) is 3.44. The summed E-state index contributed by atoms with van der Waals surface area (Å²) in [5.74, 6) is 1.09. The lowest BCUT2D eigenvalue weighted by atomic mass is 10.2. The Hall–Kier alpha value is -2.02. The van der Waals surface area contributed by atoms with E-state index in [1.54, 1.807) is 24.5 Å². The number of hydrogen-bond donors (Lipinski definition) is 1. The standard InChI is InChI=1S/C13H11BrFN5/c1-8-18-19-13-12(16-4-5-20(8)13)17-7-9-6-10(14)2-3-11(9)15/h2-6H,7H2,1H3,(H,16,17). The third-order valence-electron chi connectivity index (χ3n) is 2.95. The van der Waals surface area contributed by atoms with E-state index in [-0.39, 0.29) is 5.82 Å². The van der Waals surface area contributed by atoms with E-state index in [4.69, 9.17) is 0 Å². The number of fused-ring (bicyclic) bond motifs is 1. The molecule has 2 heterocycles. The van der Waals surface area contributed by atoms with Gasteiger partial charge in [0, 0.05) is 29.0 Å². The van der Waals surface area contributed by atoms with E-state index < -0.39 is 0 Å². The molecule has 2 aromatic heterocycles. The van der Waals surface area contributed by atoms with Gasteiger partial charge in [0.2, 0.25) is 5.65 Å². The molecule has 0 aliphatic carbocycles. The Kier molecular flexibility index (Phi) is 3.35. The van der Waals surface area contributed by atoms with Gasteiger partial charge >= 0.3 is 0 Å². The SMILES string of the molecule is Cc1nnc2c(NCc3cc(Br)ccc3F)nccn12. The van der Waals surface area contributed by atoms with Gasteiger partial charge in [-0.2, -0.15) is 0 Å². The van der Waals surface area contributed by atoms with Crippen LogP contribution in [0, 0.1) is 12.7 Å². The third kappa shape index (κ3) is 2.36. The maximum Gasteiger partial charge on any atom is 0.203 e. The van der Waals surface area contributed by atoms with Crippen LogP contribution in [-0.2, 0) is 6.54 Å². The Morgan fingerprint density at radius 3 is 3.05 bits per heavy atom. The highest BCUT2D eigenvalue weighted by Crippen LogP contribution is 2.18. The Balaban J connectivity index is 1.88. The molecule has 3 aromatic rings. The second kappa shape index (κ2) is 5.16. The Labute approximate surface area is 123 Å². The van der Waals surface area contributed by atoms with Gasteiger partial charge in [0.1, 0.15) is 11.6 Å². The van der Waals surface area contributed by atoms with E-state index in [0.29, 0.717) is 23.6 Å². The number of rotatable bonds is 3. The van der Waals surface area contributed by atoms with Gasteiger partial charge < -0.3 is 5.32 Å².